The first kappa shape index (κ1) is 14.9. The molecule has 1 aliphatic heterocycles. The summed E-state index contributed by atoms with van der Waals surface area (Å²) in [6, 6.07) is 0.705. The summed E-state index contributed by atoms with van der Waals surface area (Å²) in [5.41, 5.74) is 0.303. The molecular formula is C14H30N2O. The molecule has 1 rings (SSSR count). The van der Waals surface area contributed by atoms with Crippen LogP contribution < -0.4 is 5.32 Å². The Bertz CT molecular complexity index is 210. The van der Waals surface area contributed by atoms with Gasteiger partial charge in [-0.05, 0) is 33.1 Å². The first-order chi connectivity index (χ1) is 8.15. The topological polar surface area (TPSA) is 24.5 Å². The Balaban J connectivity index is 2.40. The van der Waals surface area contributed by atoms with Gasteiger partial charge in [-0.15, -0.1) is 0 Å². The molecule has 17 heavy (non-hydrogen) atoms. The number of nitrogens with zero attached hydrogens (tertiary/aromatic N) is 1. The predicted molar refractivity (Wildman–Crippen MR) is 73.5 cm³/mol. The molecule has 0 saturated carbocycles. The fourth-order valence-electron chi connectivity index (χ4n) is 2.54. The lowest BCUT2D eigenvalue weighted by Gasteiger charge is -2.46. The van der Waals surface area contributed by atoms with Crippen LogP contribution in [0.1, 0.15) is 47.0 Å². The maximum Gasteiger partial charge on any atom is 0.0478 e. The lowest BCUT2D eigenvalue weighted by Crippen LogP contribution is -2.62. The zero-order chi connectivity index (χ0) is 12.7. The number of hydrogen-bond acceptors (Lipinski definition) is 3. The molecule has 0 amide bonds. The van der Waals surface area contributed by atoms with E-state index in [9.17, 15) is 0 Å². The summed E-state index contributed by atoms with van der Waals surface area (Å²) < 4.78 is 5.43. The van der Waals surface area contributed by atoms with Crippen LogP contribution in [0.5, 0.6) is 0 Å². The van der Waals surface area contributed by atoms with E-state index in [0.29, 0.717) is 11.6 Å². The molecule has 3 nitrogen and oxygen atoms in total. The van der Waals surface area contributed by atoms with Crippen molar-refractivity contribution < 1.29 is 4.74 Å². The fraction of sp³-hybridized carbons (Fsp3) is 1.00. The van der Waals surface area contributed by atoms with E-state index in [-0.39, 0.29) is 0 Å². The van der Waals surface area contributed by atoms with Crippen LogP contribution in [0.15, 0.2) is 0 Å². The normalized spacial score (nSPS) is 30.7. The van der Waals surface area contributed by atoms with Crippen molar-refractivity contribution in [3.8, 4) is 0 Å². The molecule has 1 heterocycles. The van der Waals surface area contributed by atoms with Gasteiger partial charge in [0.2, 0.25) is 0 Å². The van der Waals surface area contributed by atoms with Crippen molar-refractivity contribution >= 4 is 0 Å². The minimum atomic E-state index is 0.303. The van der Waals surface area contributed by atoms with Crippen LogP contribution >= 0.6 is 0 Å². The Labute approximate surface area is 107 Å². The van der Waals surface area contributed by atoms with Gasteiger partial charge < -0.3 is 10.1 Å². The Morgan fingerprint density at radius 2 is 2.12 bits per heavy atom. The zero-order valence-electron chi connectivity index (χ0n) is 12.1. The Morgan fingerprint density at radius 1 is 1.35 bits per heavy atom. The summed E-state index contributed by atoms with van der Waals surface area (Å²) in [5.74, 6) is 0. The second-order valence-electron chi connectivity index (χ2n) is 5.38. The van der Waals surface area contributed by atoms with Crippen molar-refractivity contribution in [3.63, 3.8) is 0 Å². The molecule has 0 bridgehead atoms. The third-order valence-electron chi connectivity index (χ3n) is 4.02. The summed E-state index contributed by atoms with van der Waals surface area (Å²) in [6.45, 7) is 14.2. The minimum Gasteiger partial charge on any atom is -0.382 e. The molecule has 0 aromatic heterocycles. The summed E-state index contributed by atoms with van der Waals surface area (Å²) in [4.78, 5) is 2.65. The van der Waals surface area contributed by atoms with E-state index in [0.717, 1.165) is 26.2 Å². The average Bonchev–Trinajstić information content (AvgIpc) is 2.35. The average molecular weight is 242 g/mol. The van der Waals surface area contributed by atoms with E-state index in [1.807, 2.05) is 0 Å². The van der Waals surface area contributed by atoms with E-state index in [1.165, 1.54) is 25.9 Å². The van der Waals surface area contributed by atoms with Gasteiger partial charge in [-0.25, -0.2) is 0 Å². The van der Waals surface area contributed by atoms with Crippen LogP contribution in [-0.2, 0) is 4.74 Å². The van der Waals surface area contributed by atoms with Gasteiger partial charge in [0.25, 0.3) is 0 Å². The highest BCUT2D eigenvalue weighted by Crippen LogP contribution is 2.20. The van der Waals surface area contributed by atoms with E-state index in [4.69, 9.17) is 4.74 Å². The second kappa shape index (κ2) is 7.34. The van der Waals surface area contributed by atoms with Gasteiger partial charge in [0.1, 0.15) is 0 Å². The summed E-state index contributed by atoms with van der Waals surface area (Å²) >= 11 is 0. The maximum absolute atomic E-state index is 5.43. The van der Waals surface area contributed by atoms with E-state index < -0.39 is 0 Å². The summed E-state index contributed by atoms with van der Waals surface area (Å²) in [5, 5.41) is 3.70. The van der Waals surface area contributed by atoms with Gasteiger partial charge in [-0.2, -0.15) is 0 Å². The van der Waals surface area contributed by atoms with Gasteiger partial charge in [0, 0.05) is 44.4 Å². The minimum absolute atomic E-state index is 0.303. The van der Waals surface area contributed by atoms with E-state index >= 15 is 0 Å². The third-order valence-corrected chi connectivity index (χ3v) is 4.02. The molecule has 1 saturated heterocycles. The highest BCUT2D eigenvalue weighted by atomic mass is 16.5. The van der Waals surface area contributed by atoms with Gasteiger partial charge in [0.05, 0.1) is 0 Å². The van der Waals surface area contributed by atoms with Gasteiger partial charge >= 0.3 is 0 Å². The molecule has 0 aromatic rings. The fourth-order valence-corrected chi connectivity index (χ4v) is 2.54. The molecule has 0 radical (unpaired) electrons. The molecule has 0 spiro atoms. The second-order valence-corrected chi connectivity index (χ2v) is 5.38. The highest BCUT2D eigenvalue weighted by molar-refractivity contribution is 4.93. The third kappa shape index (κ3) is 4.57. The summed E-state index contributed by atoms with van der Waals surface area (Å²) in [7, 11) is 0. The monoisotopic (exact) mass is 242 g/mol. The molecule has 2 unspecified atom stereocenters. The molecule has 0 aromatic carbocycles. The standard InChI is InChI=1S/C14H30N2O/c1-5-13-11-15-14(4,6-2)12-16(13)9-8-10-17-7-3/h13,15H,5-12H2,1-4H3. The van der Waals surface area contributed by atoms with Crippen LogP contribution in [-0.4, -0.2) is 49.3 Å². The molecular weight excluding hydrogens is 212 g/mol. The molecule has 1 fully saturated rings. The molecule has 102 valence electrons. The Hall–Kier alpha value is -0.120. The smallest absolute Gasteiger partial charge is 0.0478 e. The van der Waals surface area contributed by atoms with E-state index in [2.05, 4.69) is 37.9 Å². The number of nitrogens with one attached hydrogen (secondary N) is 1. The largest absolute Gasteiger partial charge is 0.382 e. The number of piperazine rings is 1. The van der Waals surface area contributed by atoms with E-state index in [1.54, 1.807) is 0 Å². The van der Waals surface area contributed by atoms with Crippen LogP contribution in [0.2, 0.25) is 0 Å². The maximum atomic E-state index is 5.43. The SMILES string of the molecule is CCOCCCN1CC(C)(CC)NCC1CC. The number of rotatable bonds is 7. The van der Waals surface area contributed by atoms with Crippen LogP contribution in [0.4, 0.5) is 0 Å². The first-order valence-electron chi connectivity index (χ1n) is 7.22. The molecule has 1 aliphatic rings. The van der Waals surface area contributed by atoms with Crippen molar-refractivity contribution in [1.29, 1.82) is 0 Å². The molecule has 2 atom stereocenters. The molecule has 3 heteroatoms. The van der Waals surface area contributed by atoms with Crippen molar-refractivity contribution in [2.24, 2.45) is 0 Å². The van der Waals surface area contributed by atoms with Crippen molar-refractivity contribution in [1.82, 2.24) is 10.2 Å². The van der Waals surface area contributed by atoms with Crippen LogP contribution in [0, 0.1) is 0 Å². The van der Waals surface area contributed by atoms with Gasteiger partial charge in [0.15, 0.2) is 0 Å². The predicted octanol–water partition coefficient (Wildman–Crippen LogP) is 2.27. The lowest BCUT2D eigenvalue weighted by atomic mass is 9.92. The van der Waals surface area contributed by atoms with Crippen molar-refractivity contribution in [2.45, 2.75) is 58.5 Å². The first-order valence-corrected chi connectivity index (χ1v) is 7.22. The van der Waals surface area contributed by atoms with Gasteiger partial charge in [-0.1, -0.05) is 13.8 Å². The zero-order valence-corrected chi connectivity index (χ0v) is 12.1. The number of hydrogen-bond donors (Lipinski definition) is 1. The van der Waals surface area contributed by atoms with Crippen LogP contribution in [0.25, 0.3) is 0 Å². The number of ether oxygens (including phenoxy) is 1. The van der Waals surface area contributed by atoms with Crippen molar-refractivity contribution in [3.05, 3.63) is 0 Å². The Morgan fingerprint density at radius 3 is 2.71 bits per heavy atom. The lowest BCUT2D eigenvalue weighted by molar-refractivity contribution is 0.0667. The summed E-state index contributed by atoms with van der Waals surface area (Å²) in [6.07, 6.45) is 3.59. The highest BCUT2D eigenvalue weighted by Gasteiger charge is 2.33. The van der Waals surface area contributed by atoms with Crippen molar-refractivity contribution in [2.75, 3.05) is 32.8 Å². The van der Waals surface area contributed by atoms with Crippen LogP contribution in [0.3, 0.4) is 0 Å². The Kier molecular flexibility index (Phi) is 6.45. The molecule has 0 aliphatic carbocycles. The molecule has 1 N–H and O–H groups in total. The van der Waals surface area contributed by atoms with Gasteiger partial charge in [-0.3, -0.25) is 4.90 Å². The quantitative estimate of drug-likeness (QED) is 0.693.